The molecular weight excluding hydrogens is 376 g/mol. The van der Waals surface area contributed by atoms with E-state index in [2.05, 4.69) is 27.4 Å². The van der Waals surface area contributed by atoms with E-state index in [4.69, 9.17) is 15.2 Å². The van der Waals surface area contributed by atoms with Crippen molar-refractivity contribution in [2.24, 2.45) is 0 Å². The first-order valence-electron chi connectivity index (χ1n) is 9.80. The van der Waals surface area contributed by atoms with Gasteiger partial charge in [0.15, 0.2) is 0 Å². The molecule has 0 atom stereocenters. The number of fused-ring (bicyclic) bond motifs is 1. The lowest BCUT2D eigenvalue weighted by Crippen LogP contribution is -2.07. The smallest absolute Gasteiger partial charge is 0.137 e. The van der Waals surface area contributed by atoms with E-state index in [9.17, 15) is 0 Å². The van der Waals surface area contributed by atoms with Crippen LogP contribution < -0.4 is 20.5 Å². The van der Waals surface area contributed by atoms with Crippen molar-refractivity contribution in [1.29, 1.82) is 0 Å². The van der Waals surface area contributed by atoms with E-state index in [0.717, 1.165) is 46.7 Å². The van der Waals surface area contributed by atoms with Crippen molar-refractivity contribution in [3.8, 4) is 11.5 Å². The monoisotopic (exact) mass is 400 g/mol. The zero-order valence-electron chi connectivity index (χ0n) is 16.8. The average Bonchev–Trinajstić information content (AvgIpc) is 2.78. The van der Waals surface area contributed by atoms with Gasteiger partial charge >= 0.3 is 0 Å². The third-order valence-corrected chi connectivity index (χ3v) is 4.83. The Morgan fingerprint density at radius 3 is 2.60 bits per heavy atom. The van der Waals surface area contributed by atoms with E-state index in [-0.39, 0.29) is 0 Å². The summed E-state index contributed by atoms with van der Waals surface area (Å²) >= 11 is 0. The summed E-state index contributed by atoms with van der Waals surface area (Å²) in [5.41, 5.74) is 9.76. The molecule has 1 heterocycles. The molecule has 0 saturated carbocycles. The van der Waals surface area contributed by atoms with Crippen LogP contribution in [0.1, 0.15) is 11.1 Å². The number of benzene rings is 3. The fourth-order valence-electron chi connectivity index (χ4n) is 3.22. The highest BCUT2D eigenvalue weighted by molar-refractivity contribution is 5.91. The lowest BCUT2D eigenvalue weighted by atomic mass is 10.1. The zero-order chi connectivity index (χ0) is 20.8. The SMILES string of the molecule is COc1ccc(COc2cccc(CCNc3ncnc4ccc(N)cc34)c2)cc1. The molecule has 30 heavy (non-hydrogen) atoms. The number of hydrogen-bond donors (Lipinski definition) is 2. The maximum Gasteiger partial charge on any atom is 0.137 e. The molecule has 6 heteroatoms. The van der Waals surface area contributed by atoms with E-state index >= 15 is 0 Å². The molecule has 0 spiro atoms. The number of hydrogen-bond acceptors (Lipinski definition) is 6. The normalized spacial score (nSPS) is 10.7. The predicted octanol–water partition coefficient (Wildman–Crippen LogP) is 4.45. The van der Waals surface area contributed by atoms with E-state index < -0.39 is 0 Å². The van der Waals surface area contributed by atoms with Crippen LogP contribution in [0, 0.1) is 0 Å². The molecule has 0 bridgehead atoms. The van der Waals surface area contributed by atoms with Crippen LogP contribution in [0.25, 0.3) is 10.9 Å². The van der Waals surface area contributed by atoms with Gasteiger partial charge in [-0.05, 0) is 60.0 Å². The van der Waals surface area contributed by atoms with Gasteiger partial charge in [0.25, 0.3) is 0 Å². The van der Waals surface area contributed by atoms with Crippen LogP contribution in [-0.4, -0.2) is 23.6 Å². The van der Waals surface area contributed by atoms with Crippen LogP contribution in [-0.2, 0) is 13.0 Å². The van der Waals surface area contributed by atoms with Crippen LogP contribution in [0.3, 0.4) is 0 Å². The number of anilines is 2. The number of nitrogens with zero attached hydrogens (tertiary/aromatic N) is 2. The van der Waals surface area contributed by atoms with E-state index in [1.165, 1.54) is 5.56 Å². The van der Waals surface area contributed by atoms with Gasteiger partial charge in [0.05, 0.1) is 12.6 Å². The molecule has 0 aliphatic heterocycles. The van der Waals surface area contributed by atoms with Gasteiger partial charge in [0, 0.05) is 17.6 Å². The molecule has 3 aromatic carbocycles. The van der Waals surface area contributed by atoms with Crippen molar-refractivity contribution >= 4 is 22.4 Å². The quantitative estimate of drug-likeness (QED) is 0.425. The third kappa shape index (κ3) is 4.78. The Morgan fingerprint density at radius 1 is 0.900 bits per heavy atom. The van der Waals surface area contributed by atoms with E-state index in [1.807, 2.05) is 54.6 Å². The van der Waals surface area contributed by atoms with E-state index in [1.54, 1.807) is 13.4 Å². The molecule has 0 fully saturated rings. The van der Waals surface area contributed by atoms with Crippen LogP contribution in [0.5, 0.6) is 11.5 Å². The Labute approximate surface area is 175 Å². The molecule has 6 nitrogen and oxygen atoms in total. The van der Waals surface area contributed by atoms with Gasteiger partial charge in [-0.25, -0.2) is 9.97 Å². The van der Waals surface area contributed by atoms with Crippen molar-refractivity contribution in [3.63, 3.8) is 0 Å². The lowest BCUT2D eigenvalue weighted by molar-refractivity contribution is 0.305. The Balaban J connectivity index is 1.35. The second kappa shape index (κ2) is 9.13. The summed E-state index contributed by atoms with van der Waals surface area (Å²) in [7, 11) is 1.66. The fraction of sp³-hybridized carbons (Fsp3) is 0.167. The van der Waals surface area contributed by atoms with Gasteiger partial charge in [-0.2, -0.15) is 0 Å². The first kappa shape index (κ1) is 19.5. The number of methoxy groups -OCH3 is 1. The van der Waals surface area contributed by atoms with Gasteiger partial charge in [0.1, 0.15) is 30.3 Å². The molecule has 4 aromatic rings. The van der Waals surface area contributed by atoms with Crippen LogP contribution in [0.15, 0.2) is 73.1 Å². The standard InChI is InChI=1S/C24H24N4O2/c1-29-20-8-5-18(6-9-20)15-30-21-4-2-3-17(13-21)11-12-26-24-22-14-19(25)7-10-23(22)27-16-28-24/h2-10,13-14,16H,11-12,15,25H2,1H3,(H,26,27,28). The average molecular weight is 400 g/mol. The minimum atomic E-state index is 0.514. The number of aromatic nitrogens is 2. The van der Waals surface area contributed by atoms with Gasteiger partial charge in [-0.1, -0.05) is 24.3 Å². The highest BCUT2D eigenvalue weighted by atomic mass is 16.5. The van der Waals surface area contributed by atoms with Crippen molar-refractivity contribution < 1.29 is 9.47 Å². The number of nitrogen functional groups attached to an aromatic ring is 1. The van der Waals surface area contributed by atoms with E-state index in [0.29, 0.717) is 12.3 Å². The predicted molar refractivity (Wildman–Crippen MR) is 120 cm³/mol. The summed E-state index contributed by atoms with van der Waals surface area (Å²) in [4.78, 5) is 8.65. The van der Waals surface area contributed by atoms with Crippen LogP contribution >= 0.6 is 0 Å². The topological polar surface area (TPSA) is 82.3 Å². The number of rotatable bonds is 8. The number of ether oxygens (including phenoxy) is 2. The maximum atomic E-state index is 5.95. The highest BCUT2D eigenvalue weighted by Crippen LogP contribution is 2.22. The minimum Gasteiger partial charge on any atom is -0.497 e. The Kier molecular flexibility index (Phi) is 5.94. The maximum absolute atomic E-state index is 5.95. The third-order valence-electron chi connectivity index (χ3n) is 4.83. The van der Waals surface area contributed by atoms with Gasteiger partial charge in [0.2, 0.25) is 0 Å². The molecule has 0 unspecified atom stereocenters. The summed E-state index contributed by atoms with van der Waals surface area (Å²) in [6.45, 7) is 1.25. The molecule has 152 valence electrons. The van der Waals surface area contributed by atoms with Gasteiger partial charge < -0.3 is 20.5 Å². The molecule has 4 rings (SSSR count). The summed E-state index contributed by atoms with van der Waals surface area (Å²) in [5.74, 6) is 2.48. The molecule has 0 saturated heterocycles. The molecule has 0 radical (unpaired) electrons. The Morgan fingerprint density at radius 2 is 1.77 bits per heavy atom. The Hall–Kier alpha value is -3.80. The second-order valence-electron chi connectivity index (χ2n) is 6.96. The van der Waals surface area contributed by atoms with Crippen molar-refractivity contribution in [1.82, 2.24) is 9.97 Å². The summed E-state index contributed by atoms with van der Waals surface area (Å²) in [5, 5.41) is 4.32. The molecule has 0 amide bonds. The van der Waals surface area contributed by atoms with Gasteiger partial charge in [-0.3, -0.25) is 0 Å². The fourth-order valence-corrected chi connectivity index (χ4v) is 3.22. The molecule has 0 aliphatic rings. The van der Waals surface area contributed by atoms with Crippen LogP contribution in [0.2, 0.25) is 0 Å². The second-order valence-corrected chi connectivity index (χ2v) is 6.96. The number of nitrogens with one attached hydrogen (secondary N) is 1. The first-order valence-corrected chi connectivity index (χ1v) is 9.80. The molecule has 1 aromatic heterocycles. The summed E-state index contributed by atoms with van der Waals surface area (Å²) in [6.07, 6.45) is 2.40. The number of nitrogens with two attached hydrogens (primary N) is 1. The van der Waals surface area contributed by atoms with Crippen LogP contribution in [0.4, 0.5) is 11.5 Å². The van der Waals surface area contributed by atoms with Gasteiger partial charge in [-0.15, -0.1) is 0 Å². The van der Waals surface area contributed by atoms with Crippen molar-refractivity contribution in [2.45, 2.75) is 13.0 Å². The largest absolute Gasteiger partial charge is 0.497 e. The first-order chi connectivity index (χ1) is 14.7. The minimum absolute atomic E-state index is 0.514. The molecule has 0 aliphatic carbocycles. The molecular formula is C24H24N4O2. The summed E-state index contributed by atoms with van der Waals surface area (Å²) < 4.78 is 11.1. The highest BCUT2D eigenvalue weighted by Gasteiger charge is 2.05. The van der Waals surface area contributed by atoms with Crippen molar-refractivity contribution in [2.75, 3.05) is 24.7 Å². The molecule has 3 N–H and O–H groups in total. The lowest BCUT2D eigenvalue weighted by Gasteiger charge is -2.11. The Bertz CT molecular complexity index is 1130. The zero-order valence-corrected chi connectivity index (χ0v) is 16.8. The van der Waals surface area contributed by atoms with Crippen molar-refractivity contribution in [3.05, 3.63) is 84.2 Å². The summed E-state index contributed by atoms with van der Waals surface area (Å²) in [6, 6.07) is 21.7.